The van der Waals surface area contributed by atoms with Gasteiger partial charge in [-0.1, -0.05) is 13.5 Å². The molecule has 4 bridgehead atoms. The van der Waals surface area contributed by atoms with Gasteiger partial charge in [-0.15, -0.1) is 0 Å². The summed E-state index contributed by atoms with van der Waals surface area (Å²) in [5, 5.41) is 0. The maximum atomic E-state index is 13.8. The van der Waals surface area contributed by atoms with Crippen LogP contribution in [0.3, 0.4) is 0 Å². The second-order valence-corrected chi connectivity index (χ2v) is 8.70. The third-order valence-corrected chi connectivity index (χ3v) is 7.15. The van der Waals surface area contributed by atoms with Gasteiger partial charge in [0.2, 0.25) is 5.91 Å². The quantitative estimate of drug-likeness (QED) is 0.638. The molecule has 1 amide bonds. The first-order chi connectivity index (χ1) is 13.9. The molecule has 0 spiro atoms. The van der Waals surface area contributed by atoms with Gasteiger partial charge < -0.3 is 14.4 Å². The van der Waals surface area contributed by atoms with Crippen molar-refractivity contribution < 1.29 is 23.9 Å². The van der Waals surface area contributed by atoms with Crippen LogP contribution in [0.2, 0.25) is 0 Å². The summed E-state index contributed by atoms with van der Waals surface area (Å²) in [7, 11) is 1.34. The molecule has 0 aromatic rings. The minimum Gasteiger partial charge on any atom is -0.497 e. The summed E-state index contributed by atoms with van der Waals surface area (Å²) in [6.45, 7) is 8.04. The van der Waals surface area contributed by atoms with Gasteiger partial charge in [-0.2, -0.15) is 0 Å². The zero-order valence-corrected chi connectivity index (χ0v) is 16.9. The van der Waals surface area contributed by atoms with E-state index < -0.39 is 11.9 Å². The number of allylic oxidation sites excluding steroid dienone is 3. The largest absolute Gasteiger partial charge is 0.497 e. The van der Waals surface area contributed by atoms with Crippen molar-refractivity contribution in [1.29, 1.82) is 0 Å². The number of fused-ring (bicyclic) bond motifs is 2. The number of Topliss-reactive ketones (excluding diaryl/α,β-unsaturated/α-hetero) is 1. The summed E-state index contributed by atoms with van der Waals surface area (Å²) in [5.74, 6) is -0.117. The van der Waals surface area contributed by atoms with Crippen LogP contribution in [0.4, 0.5) is 0 Å². The SMILES string of the molecule is C=C1C2=C3C(=O)C4CC(=O)N(CC1CCC1=C2C(=C3C(=O)OC)CCO1)CC4C. The molecule has 1 fully saturated rings. The van der Waals surface area contributed by atoms with E-state index in [2.05, 4.69) is 6.58 Å². The lowest BCUT2D eigenvalue weighted by atomic mass is 9.76. The van der Waals surface area contributed by atoms with Gasteiger partial charge in [0, 0.05) is 55.3 Å². The summed E-state index contributed by atoms with van der Waals surface area (Å²) in [4.78, 5) is 41.4. The number of hydrogen-bond donors (Lipinski definition) is 0. The predicted octanol–water partition coefficient (Wildman–Crippen LogP) is 2.47. The lowest BCUT2D eigenvalue weighted by molar-refractivity contribution is -0.141. The van der Waals surface area contributed by atoms with E-state index >= 15 is 0 Å². The van der Waals surface area contributed by atoms with Gasteiger partial charge in [0.1, 0.15) is 5.76 Å². The maximum Gasteiger partial charge on any atom is 0.338 e. The Bertz CT molecular complexity index is 966. The summed E-state index contributed by atoms with van der Waals surface area (Å²) >= 11 is 0. The minimum atomic E-state index is -0.490. The second-order valence-electron chi connectivity index (χ2n) is 8.70. The molecule has 4 aliphatic heterocycles. The average Bonchev–Trinajstić information content (AvgIpc) is 3.00. The molecule has 0 radical (unpaired) electrons. The van der Waals surface area contributed by atoms with Crippen molar-refractivity contribution in [2.75, 3.05) is 26.8 Å². The smallest absolute Gasteiger partial charge is 0.338 e. The molecular formula is C23H25NO5. The topological polar surface area (TPSA) is 72.9 Å². The standard InChI is InChI=1S/C23H25NO5/c1-11-9-24-10-13-4-5-16-19-14(6-7-29-16)20(23(27)28-3)21(18(19)12(13)2)22(26)15(11)8-17(24)25/h11,13,15H,2,4-10H2,1,3H3. The molecule has 0 N–H and O–H groups in total. The Morgan fingerprint density at radius 3 is 2.72 bits per heavy atom. The Kier molecular flexibility index (Phi) is 4.09. The Hall–Kier alpha value is -2.63. The molecule has 6 rings (SSSR count). The van der Waals surface area contributed by atoms with Crippen LogP contribution in [0, 0.1) is 17.8 Å². The van der Waals surface area contributed by atoms with Crippen molar-refractivity contribution in [2.45, 2.75) is 32.6 Å². The van der Waals surface area contributed by atoms with Crippen LogP contribution in [0.15, 0.2) is 45.8 Å². The molecule has 6 aliphatic rings. The molecule has 3 atom stereocenters. The Morgan fingerprint density at radius 2 is 1.97 bits per heavy atom. The lowest BCUT2D eigenvalue weighted by Gasteiger charge is -2.39. The molecule has 29 heavy (non-hydrogen) atoms. The van der Waals surface area contributed by atoms with Crippen molar-refractivity contribution in [3.05, 3.63) is 45.8 Å². The van der Waals surface area contributed by atoms with Gasteiger partial charge in [-0.3, -0.25) is 9.59 Å². The van der Waals surface area contributed by atoms with Crippen LogP contribution in [0.1, 0.15) is 32.6 Å². The first-order valence-corrected chi connectivity index (χ1v) is 10.4. The lowest BCUT2D eigenvalue weighted by Crippen LogP contribution is -2.48. The van der Waals surface area contributed by atoms with E-state index in [9.17, 15) is 14.4 Å². The van der Waals surface area contributed by atoms with Gasteiger partial charge in [-0.05, 0) is 29.1 Å². The number of hydrogen-bond acceptors (Lipinski definition) is 5. The molecule has 3 unspecified atom stereocenters. The van der Waals surface area contributed by atoms with Crippen molar-refractivity contribution in [3.63, 3.8) is 0 Å². The monoisotopic (exact) mass is 395 g/mol. The third-order valence-electron chi connectivity index (χ3n) is 7.15. The molecule has 152 valence electrons. The fourth-order valence-corrected chi connectivity index (χ4v) is 5.63. The van der Waals surface area contributed by atoms with E-state index in [1.165, 1.54) is 7.11 Å². The number of carbonyl (C=O) groups excluding carboxylic acids is 3. The normalized spacial score (nSPS) is 31.3. The number of esters is 1. The summed E-state index contributed by atoms with van der Waals surface area (Å²) < 4.78 is 11.1. The summed E-state index contributed by atoms with van der Waals surface area (Å²) in [6, 6.07) is 0. The maximum absolute atomic E-state index is 13.8. The van der Waals surface area contributed by atoms with Crippen LogP contribution >= 0.6 is 0 Å². The highest BCUT2D eigenvalue weighted by atomic mass is 16.5. The molecule has 0 saturated carbocycles. The van der Waals surface area contributed by atoms with Crippen LogP contribution < -0.4 is 0 Å². The highest BCUT2D eigenvalue weighted by molar-refractivity contribution is 6.16. The van der Waals surface area contributed by atoms with Crippen molar-refractivity contribution >= 4 is 17.7 Å². The highest BCUT2D eigenvalue weighted by Gasteiger charge is 2.48. The number of rotatable bonds is 1. The number of piperidine rings is 1. The Labute approximate surface area is 169 Å². The van der Waals surface area contributed by atoms with E-state index in [1.54, 1.807) is 0 Å². The number of methoxy groups -OCH3 is 1. The number of ketones is 1. The van der Waals surface area contributed by atoms with Gasteiger partial charge in [-0.25, -0.2) is 4.79 Å². The zero-order chi connectivity index (χ0) is 20.4. The first kappa shape index (κ1) is 18.4. The fraction of sp³-hybridized carbons (Fsp3) is 0.522. The third kappa shape index (κ3) is 2.51. The summed E-state index contributed by atoms with van der Waals surface area (Å²) in [5.41, 5.74) is 4.14. The number of carbonyl (C=O) groups is 3. The predicted molar refractivity (Wildman–Crippen MR) is 104 cm³/mol. The van der Waals surface area contributed by atoms with Gasteiger partial charge in [0.25, 0.3) is 0 Å². The van der Waals surface area contributed by atoms with Crippen LogP contribution in [0.25, 0.3) is 0 Å². The molecule has 1 saturated heterocycles. The van der Waals surface area contributed by atoms with Crippen LogP contribution in [-0.4, -0.2) is 49.4 Å². The van der Waals surface area contributed by atoms with E-state index in [1.807, 2.05) is 11.8 Å². The van der Waals surface area contributed by atoms with Crippen molar-refractivity contribution in [3.8, 4) is 0 Å². The Morgan fingerprint density at radius 1 is 1.17 bits per heavy atom. The Balaban J connectivity index is 1.81. The summed E-state index contributed by atoms with van der Waals surface area (Å²) in [6.07, 6.45) is 2.28. The number of nitrogens with zero attached hydrogens (tertiary/aromatic N) is 1. The average molecular weight is 395 g/mol. The molecule has 4 heterocycles. The van der Waals surface area contributed by atoms with E-state index in [0.29, 0.717) is 43.7 Å². The van der Waals surface area contributed by atoms with Crippen molar-refractivity contribution in [1.82, 2.24) is 4.90 Å². The number of ether oxygens (including phenoxy) is 2. The van der Waals surface area contributed by atoms with Gasteiger partial charge in [0.05, 0.1) is 19.3 Å². The van der Waals surface area contributed by atoms with Gasteiger partial charge >= 0.3 is 5.97 Å². The molecular weight excluding hydrogens is 370 g/mol. The molecule has 0 aromatic heterocycles. The van der Waals surface area contributed by atoms with Crippen LogP contribution in [0.5, 0.6) is 0 Å². The highest BCUT2D eigenvalue weighted by Crippen LogP contribution is 2.52. The molecule has 6 nitrogen and oxygen atoms in total. The fourth-order valence-electron chi connectivity index (χ4n) is 5.63. The van der Waals surface area contributed by atoms with Crippen LogP contribution in [-0.2, 0) is 23.9 Å². The van der Waals surface area contributed by atoms with E-state index in [-0.39, 0.29) is 29.9 Å². The molecule has 0 aromatic carbocycles. The minimum absolute atomic E-state index is 0.0149. The molecule has 2 aliphatic carbocycles. The number of amides is 1. The first-order valence-electron chi connectivity index (χ1n) is 10.4. The van der Waals surface area contributed by atoms with E-state index in [4.69, 9.17) is 9.47 Å². The molecule has 6 heteroatoms. The van der Waals surface area contributed by atoms with E-state index in [0.717, 1.165) is 34.5 Å². The van der Waals surface area contributed by atoms with Crippen molar-refractivity contribution in [2.24, 2.45) is 17.8 Å². The van der Waals surface area contributed by atoms with Gasteiger partial charge in [0.15, 0.2) is 5.78 Å². The second kappa shape index (κ2) is 6.44. The zero-order valence-electron chi connectivity index (χ0n) is 16.9.